The Morgan fingerprint density at radius 2 is 0.940 bits per heavy atom. The molecule has 2 N–H and O–H groups in total. The van der Waals surface area contributed by atoms with Crippen LogP contribution in [-0.2, 0) is 13.2 Å². The number of aliphatic hydroxyl groups is 2. The molecule has 0 aliphatic rings. The highest BCUT2D eigenvalue weighted by Crippen LogP contribution is 2.42. The molecule has 0 amide bonds. The van der Waals surface area contributed by atoms with E-state index in [0.29, 0.717) is 6.61 Å². The molecular weight excluding hydrogens is 617 g/mol. The lowest BCUT2D eigenvalue weighted by Gasteiger charge is -2.18. The van der Waals surface area contributed by atoms with Crippen molar-refractivity contribution in [2.75, 3.05) is 13.2 Å². The summed E-state index contributed by atoms with van der Waals surface area (Å²) in [6.07, 6.45) is 26.0. The van der Waals surface area contributed by atoms with Crippen LogP contribution < -0.4 is 9.47 Å². The second kappa shape index (κ2) is 23.4. The quantitative estimate of drug-likeness (QED) is 0.0615. The van der Waals surface area contributed by atoms with E-state index in [9.17, 15) is 10.2 Å². The van der Waals surface area contributed by atoms with Crippen molar-refractivity contribution >= 4 is 21.5 Å². The molecule has 4 nitrogen and oxygen atoms in total. The SMILES string of the molecule is CCCCCCCCCCCCOc1ccc2cc(CO)cc(-c3c(OCCCCCCCCCCCC)ccc4cc(CO)ccc34)c2c1. The van der Waals surface area contributed by atoms with Gasteiger partial charge in [0.05, 0.1) is 26.4 Å². The highest BCUT2D eigenvalue weighted by Gasteiger charge is 2.17. The van der Waals surface area contributed by atoms with Crippen LogP contribution in [0.2, 0.25) is 0 Å². The van der Waals surface area contributed by atoms with Gasteiger partial charge in [0.2, 0.25) is 0 Å². The minimum atomic E-state index is -0.0336. The molecular formula is C46H66O4. The van der Waals surface area contributed by atoms with Crippen molar-refractivity contribution in [1.29, 1.82) is 0 Å². The fourth-order valence-electron chi connectivity index (χ4n) is 7.19. The molecule has 0 bridgehead atoms. The molecule has 0 unspecified atom stereocenters. The van der Waals surface area contributed by atoms with Crippen LogP contribution in [0.5, 0.6) is 11.5 Å². The molecule has 0 atom stereocenters. The van der Waals surface area contributed by atoms with Gasteiger partial charge in [0.15, 0.2) is 0 Å². The first-order valence-electron chi connectivity index (χ1n) is 20.3. The maximum Gasteiger partial charge on any atom is 0.127 e. The molecule has 0 radical (unpaired) electrons. The van der Waals surface area contributed by atoms with Crippen LogP contribution in [0.1, 0.15) is 153 Å². The Balaban J connectivity index is 1.45. The molecule has 274 valence electrons. The third kappa shape index (κ3) is 12.9. The Labute approximate surface area is 303 Å². The van der Waals surface area contributed by atoms with Crippen molar-refractivity contribution in [3.05, 3.63) is 71.8 Å². The average molecular weight is 683 g/mol. The first-order valence-corrected chi connectivity index (χ1v) is 20.3. The minimum Gasteiger partial charge on any atom is -0.494 e. The lowest BCUT2D eigenvalue weighted by atomic mass is 9.91. The summed E-state index contributed by atoms with van der Waals surface area (Å²) < 4.78 is 12.9. The number of benzene rings is 4. The van der Waals surface area contributed by atoms with Gasteiger partial charge in [0, 0.05) is 5.56 Å². The smallest absolute Gasteiger partial charge is 0.127 e. The number of fused-ring (bicyclic) bond motifs is 2. The van der Waals surface area contributed by atoms with Gasteiger partial charge >= 0.3 is 0 Å². The van der Waals surface area contributed by atoms with Crippen molar-refractivity contribution in [3.63, 3.8) is 0 Å². The Morgan fingerprint density at radius 1 is 0.440 bits per heavy atom. The summed E-state index contributed by atoms with van der Waals surface area (Å²) in [4.78, 5) is 0. The normalized spacial score (nSPS) is 11.5. The van der Waals surface area contributed by atoms with Crippen molar-refractivity contribution in [1.82, 2.24) is 0 Å². The fourth-order valence-corrected chi connectivity index (χ4v) is 7.19. The molecule has 0 heterocycles. The van der Waals surface area contributed by atoms with Gasteiger partial charge in [-0.3, -0.25) is 0 Å². The number of unbranched alkanes of at least 4 members (excludes halogenated alkanes) is 18. The number of rotatable bonds is 27. The van der Waals surface area contributed by atoms with Gasteiger partial charge in [-0.1, -0.05) is 154 Å². The number of hydrogen-bond donors (Lipinski definition) is 2. The van der Waals surface area contributed by atoms with Gasteiger partial charge in [0.1, 0.15) is 11.5 Å². The first kappa shape index (κ1) is 39.7. The van der Waals surface area contributed by atoms with Crippen molar-refractivity contribution in [2.45, 2.75) is 155 Å². The highest BCUT2D eigenvalue weighted by molar-refractivity contribution is 6.08. The van der Waals surface area contributed by atoms with Crippen LogP contribution >= 0.6 is 0 Å². The molecule has 4 rings (SSSR count). The highest BCUT2D eigenvalue weighted by atomic mass is 16.5. The van der Waals surface area contributed by atoms with E-state index in [1.807, 2.05) is 6.07 Å². The fraction of sp³-hybridized carbons (Fsp3) is 0.565. The second-order valence-corrected chi connectivity index (χ2v) is 14.4. The molecule has 0 aliphatic heterocycles. The van der Waals surface area contributed by atoms with Crippen LogP contribution in [0.15, 0.2) is 60.7 Å². The Bertz CT molecular complexity index is 1530. The molecule has 0 saturated carbocycles. The summed E-state index contributed by atoms with van der Waals surface area (Å²) >= 11 is 0. The lowest BCUT2D eigenvalue weighted by molar-refractivity contribution is 0.282. The Morgan fingerprint density at radius 3 is 1.52 bits per heavy atom. The minimum absolute atomic E-state index is 0.00490. The van der Waals surface area contributed by atoms with E-state index < -0.39 is 0 Å². The molecule has 0 aromatic heterocycles. The first-order chi connectivity index (χ1) is 24.7. The van der Waals surface area contributed by atoms with E-state index in [0.717, 1.165) is 74.7 Å². The van der Waals surface area contributed by atoms with Crippen LogP contribution in [0.3, 0.4) is 0 Å². The van der Waals surface area contributed by atoms with E-state index in [2.05, 4.69) is 68.4 Å². The number of hydrogen-bond acceptors (Lipinski definition) is 4. The van der Waals surface area contributed by atoms with Crippen molar-refractivity contribution in [3.8, 4) is 22.6 Å². The van der Waals surface area contributed by atoms with E-state index >= 15 is 0 Å². The average Bonchev–Trinajstić information content (AvgIpc) is 3.15. The standard InChI is InChI=1S/C46H66O4/c1-3-5-7-9-11-13-15-17-19-21-29-49-41-26-24-40-32-38(36-48)33-44(43(40)34-41)46-42-27-23-37(35-47)31-39(42)25-28-45(46)50-30-22-20-18-16-14-12-10-8-6-4-2/h23-28,31-34,47-48H,3-22,29-30,35-36H2,1-2H3. The molecule has 0 saturated heterocycles. The summed E-state index contributed by atoms with van der Waals surface area (Å²) in [6, 6.07) is 20.9. The summed E-state index contributed by atoms with van der Waals surface area (Å²) in [5.74, 6) is 1.74. The zero-order chi connectivity index (χ0) is 35.2. The third-order valence-corrected chi connectivity index (χ3v) is 10.2. The van der Waals surface area contributed by atoms with Gasteiger partial charge in [-0.15, -0.1) is 0 Å². The van der Waals surface area contributed by atoms with Gasteiger partial charge in [-0.25, -0.2) is 0 Å². The lowest BCUT2D eigenvalue weighted by Crippen LogP contribution is -2.01. The zero-order valence-electron chi connectivity index (χ0n) is 31.5. The van der Waals surface area contributed by atoms with Gasteiger partial charge in [-0.2, -0.15) is 0 Å². The molecule has 50 heavy (non-hydrogen) atoms. The number of aliphatic hydroxyl groups excluding tert-OH is 2. The summed E-state index contributed by atoms with van der Waals surface area (Å²) in [7, 11) is 0. The zero-order valence-corrected chi connectivity index (χ0v) is 31.5. The van der Waals surface area contributed by atoms with Gasteiger partial charge in [0.25, 0.3) is 0 Å². The summed E-state index contributed by atoms with van der Waals surface area (Å²) in [5, 5.41) is 24.4. The summed E-state index contributed by atoms with van der Waals surface area (Å²) in [6.45, 7) is 5.92. The second-order valence-electron chi connectivity index (χ2n) is 14.4. The van der Waals surface area contributed by atoms with E-state index in [4.69, 9.17) is 9.47 Å². The Hall–Kier alpha value is -3.08. The molecule has 4 aromatic carbocycles. The van der Waals surface area contributed by atoms with Crippen LogP contribution in [-0.4, -0.2) is 23.4 Å². The van der Waals surface area contributed by atoms with E-state index in [1.54, 1.807) is 0 Å². The molecule has 4 aromatic rings. The summed E-state index contributed by atoms with van der Waals surface area (Å²) in [5.41, 5.74) is 3.83. The van der Waals surface area contributed by atoms with Crippen molar-refractivity contribution in [2.24, 2.45) is 0 Å². The Kier molecular flexibility index (Phi) is 18.6. The van der Waals surface area contributed by atoms with E-state index in [1.165, 1.54) is 116 Å². The van der Waals surface area contributed by atoms with Gasteiger partial charge in [-0.05, 0) is 87.5 Å². The molecule has 4 heteroatoms. The van der Waals surface area contributed by atoms with Crippen molar-refractivity contribution < 1.29 is 19.7 Å². The monoisotopic (exact) mass is 682 g/mol. The van der Waals surface area contributed by atoms with Crippen LogP contribution in [0.25, 0.3) is 32.7 Å². The molecule has 0 aliphatic carbocycles. The predicted molar refractivity (Wildman–Crippen MR) is 213 cm³/mol. The molecule has 0 fully saturated rings. The maximum absolute atomic E-state index is 10.3. The van der Waals surface area contributed by atoms with Crippen LogP contribution in [0, 0.1) is 0 Å². The topological polar surface area (TPSA) is 58.9 Å². The predicted octanol–water partition coefficient (Wildman–Crippen LogP) is 13.2. The van der Waals surface area contributed by atoms with Gasteiger partial charge < -0.3 is 19.7 Å². The third-order valence-electron chi connectivity index (χ3n) is 10.2. The largest absolute Gasteiger partial charge is 0.494 e. The number of ether oxygens (including phenoxy) is 2. The van der Waals surface area contributed by atoms with E-state index in [-0.39, 0.29) is 13.2 Å². The maximum atomic E-state index is 10.3. The molecule has 0 spiro atoms. The van der Waals surface area contributed by atoms with Crippen LogP contribution in [0.4, 0.5) is 0 Å².